The maximum absolute atomic E-state index is 11.7. The van der Waals surface area contributed by atoms with Gasteiger partial charge in [0.2, 0.25) is 5.91 Å². The summed E-state index contributed by atoms with van der Waals surface area (Å²) in [4.78, 5) is 23.0. The van der Waals surface area contributed by atoms with Gasteiger partial charge in [0.05, 0.1) is 17.9 Å². The van der Waals surface area contributed by atoms with Crippen molar-refractivity contribution < 1.29 is 14.3 Å². The van der Waals surface area contributed by atoms with E-state index >= 15 is 0 Å². The van der Waals surface area contributed by atoms with Crippen LogP contribution in [0, 0.1) is 6.92 Å². The number of nitrogens with one attached hydrogen (secondary N) is 1. The first-order valence-electron chi connectivity index (χ1n) is 5.28. The Morgan fingerprint density at radius 1 is 1.53 bits per heavy atom. The first-order valence-corrected chi connectivity index (χ1v) is 5.81. The zero-order chi connectivity index (χ0) is 12.4. The van der Waals surface area contributed by atoms with Crippen molar-refractivity contribution in [2.45, 2.75) is 13.3 Å². The van der Waals surface area contributed by atoms with Gasteiger partial charge in [0, 0.05) is 6.42 Å². The number of halogens is 1. The van der Waals surface area contributed by atoms with Crippen molar-refractivity contribution in [2.24, 2.45) is 0 Å². The molecule has 0 saturated heterocycles. The van der Waals surface area contributed by atoms with E-state index in [1.165, 1.54) is 0 Å². The molecule has 0 bridgehead atoms. The first kappa shape index (κ1) is 11.9. The number of hydrogen-bond donors (Lipinski definition) is 1. The van der Waals surface area contributed by atoms with Gasteiger partial charge in [-0.3, -0.25) is 9.59 Å². The SMILES string of the molecule is Cc1cc(NC(=O)CCl)c2c(c1)C(=O)CCO2. The average molecular weight is 254 g/mol. The van der Waals surface area contributed by atoms with E-state index in [1.54, 1.807) is 12.1 Å². The van der Waals surface area contributed by atoms with Crippen LogP contribution in [0.15, 0.2) is 12.1 Å². The summed E-state index contributed by atoms with van der Waals surface area (Å²) in [5, 5.41) is 2.63. The van der Waals surface area contributed by atoms with E-state index in [0.717, 1.165) is 5.56 Å². The monoisotopic (exact) mass is 253 g/mol. The highest BCUT2D eigenvalue weighted by Gasteiger charge is 2.22. The quantitative estimate of drug-likeness (QED) is 0.822. The van der Waals surface area contributed by atoms with E-state index in [-0.39, 0.29) is 17.6 Å². The third-order valence-electron chi connectivity index (χ3n) is 2.50. The second kappa shape index (κ2) is 4.75. The molecule has 0 aliphatic carbocycles. The van der Waals surface area contributed by atoms with Crippen LogP contribution in [-0.2, 0) is 4.79 Å². The van der Waals surface area contributed by atoms with Crippen LogP contribution in [0.4, 0.5) is 5.69 Å². The minimum atomic E-state index is -0.318. The van der Waals surface area contributed by atoms with Crippen LogP contribution >= 0.6 is 11.6 Å². The number of ether oxygens (including phenoxy) is 1. The number of benzene rings is 1. The number of aryl methyl sites for hydroxylation is 1. The number of anilines is 1. The van der Waals surface area contributed by atoms with E-state index in [1.807, 2.05) is 6.92 Å². The maximum atomic E-state index is 11.7. The van der Waals surface area contributed by atoms with Gasteiger partial charge in [-0.2, -0.15) is 0 Å². The van der Waals surface area contributed by atoms with Gasteiger partial charge in [0.1, 0.15) is 5.88 Å². The molecule has 0 atom stereocenters. The average Bonchev–Trinajstić information content (AvgIpc) is 2.30. The molecule has 4 nitrogen and oxygen atoms in total. The predicted molar refractivity (Wildman–Crippen MR) is 65.0 cm³/mol. The lowest BCUT2D eigenvalue weighted by Crippen LogP contribution is -2.19. The summed E-state index contributed by atoms with van der Waals surface area (Å²) < 4.78 is 5.45. The fraction of sp³-hybridized carbons (Fsp3) is 0.333. The molecule has 0 radical (unpaired) electrons. The Bertz CT molecular complexity index is 485. The molecule has 2 rings (SSSR count). The Morgan fingerprint density at radius 3 is 3.00 bits per heavy atom. The number of rotatable bonds is 2. The van der Waals surface area contributed by atoms with E-state index in [2.05, 4.69) is 5.32 Å². The maximum Gasteiger partial charge on any atom is 0.239 e. The fourth-order valence-electron chi connectivity index (χ4n) is 1.79. The highest BCUT2D eigenvalue weighted by Crippen LogP contribution is 2.34. The molecule has 1 amide bonds. The second-order valence-corrected chi connectivity index (χ2v) is 4.16. The number of Topliss-reactive ketones (excluding diaryl/α,β-unsaturated/α-hetero) is 1. The summed E-state index contributed by atoms with van der Waals surface area (Å²) in [6.45, 7) is 2.21. The summed E-state index contributed by atoms with van der Waals surface area (Å²) >= 11 is 5.43. The summed E-state index contributed by atoms with van der Waals surface area (Å²) in [5.41, 5.74) is 1.94. The molecule has 0 unspecified atom stereocenters. The summed E-state index contributed by atoms with van der Waals surface area (Å²) in [5.74, 6) is 0.0409. The molecular weight excluding hydrogens is 242 g/mol. The Kier molecular flexibility index (Phi) is 3.33. The molecule has 1 heterocycles. The highest BCUT2D eigenvalue weighted by atomic mass is 35.5. The summed E-state index contributed by atoms with van der Waals surface area (Å²) in [7, 11) is 0. The molecule has 0 spiro atoms. The number of carbonyl (C=O) groups excluding carboxylic acids is 2. The van der Waals surface area contributed by atoms with Crippen LogP contribution < -0.4 is 10.1 Å². The molecule has 17 heavy (non-hydrogen) atoms. The molecule has 90 valence electrons. The molecule has 5 heteroatoms. The number of fused-ring (bicyclic) bond motifs is 1. The highest BCUT2D eigenvalue weighted by molar-refractivity contribution is 6.29. The standard InChI is InChI=1S/C12H12ClNO3/c1-7-4-8-10(15)2-3-17-12(8)9(5-7)14-11(16)6-13/h4-5H,2-3,6H2,1H3,(H,14,16). The van der Waals surface area contributed by atoms with Crippen LogP contribution in [0.2, 0.25) is 0 Å². The molecule has 0 saturated carbocycles. The van der Waals surface area contributed by atoms with Crippen molar-refractivity contribution >= 4 is 29.0 Å². The van der Waals surface area contributed by atoms with Gasteiger partial charge in [0.15, 0.2) is 11.5 Å². The predicted octanol–water partition coefficient (Wildman–Crippen LogP) is 2.14. The molecule has 1 aliphatic rings. The smallest absolute Gasteiger partial charge is 0.239 e. The normalized spacial score (nSPS) is 13.9. The van der Waals surface area contributed by atoms with Crippen LogP contribution in [0.1, 0.15) is 22.3 Å². The minimum Gasteiger partial charge on any atom is -0.490 e. The topological polar surface area (TPSA) is 55.4 Å². The fourth-order valence-corrected chi connectivity index (χ4v) is 1.86. The van der Waals surface area contributed by atoms with Crippen LogP contribution in [0.25, 0.3) is 0 Å². The summed E-state index contributed by atoms with van der Waals surface area (Å²) in [6, 6.07) is 3.54. The van der Waals surface area contributed by atoms with E-state index in [4.69, 9.17) is 16.3 Å². The van der Waals surface area contributed by atoms with E-state index in [9.17, 15) is 9.59 Å². The molecule has 1 aromatic rings. The van der Waals surface area contributed by atoms with E-state index in [0.29, 0.717) is 30.0 Å². The van der Waals surface area contributed by atoms with Crippen LogP contribution in [0.3, 0.4) is 0 Å². The van der Waals surface area contributed by atoms with Crippen molar-refractivity contribution in [3.8, 4) is 5.75 Å². The largest absolute Gasteiger partial charge is 0.490 e. The zero-order valence-corrected chi connectivity index (χ0v) is 10.1. The Morgan fingerprint density at radius 2 is 2.29 bits per heavy atom. The summed E-state index contributed by atoms with van der Waals surface area (Å²) in [6.07, 6.45) is 0.374. The molecule has 0 fully saturated rings. The van der Waals surface area contributed by atoms with Gasteiger partial charge in [-0.05, 0) is 24.6 Å². The third-order valence-corrected chi connectivity index (χ3v) is 2.75. The number of amides is 1. The van der Waals surface area contributed by atoms with Crippen molar-refractivity contribution in [2.75, 3.05) is 17.8 Å². The first-order chi connectivity index (χ1) is 8.11. The van der Waals surface area contributed by atoms with Crippen molar-refractivity contribution in [1.29, 1.82) is 0 Å². The van der Waals surface area contributed by atoms with Gasteiger partial charge in [-0.25, -0.2) is 0 Å². The molecule has 0 aromatic heterocycles. The van der Waals surface area contributed by atoms with Gasteiger partial charge >= 0.3 is 0 Å². The van der Waals surface area contributed by atoms with Crippen molar-refractivity contribution in [3.63, 3.8) is 0 Å². The van der Waals surface area contributed by atoms with Crippen LogP contribution in [0.5, 0.6) is 5.75 Å². The van der Waals surface area contributed by atoms with Gasteiger partial charge < -0.3 is 10.1 Å². The lowest BCUT2D eigenvalue weighted by atomic mass is 10.0. The number of alkyl halides is 1. The lowest BCUT2D eigenvalue weighted by Gasteiger charge is -2.20. The number of ketones is 1. The van der Waals surface area contributed by atoms with Crippen molar-refractivity contribution in [3.05, 3.63) is 23.3 Å². The molecular formula is C12H12ClNO3. The third kappa shape index (κ3) is 2.42. The Labute approximate surface area is 104 Å². The zero-order valence-electron chi connectivity index (χ0n) is 9.38. The Balaban J connectivity index is 2.44. The van der Waals surface area contributed by atoms with Gasteiger partial charge in [-0.15, -0.1) is 11.6 Å². The molecule has 1 aromatic carbocycles. The number of hydrogen-bond acceptors (Lipinski definition) is 3. The second-order valence-electron chi connectivity index (χ2n) is 3.89. The van der Waals surface area contributed by atoms with Gasteiger partial charge in [-0.1, -0.05) is 0 Å². The Hall–Kier alpha value is -1.55. The lowest BCUT2D eigenvalue weighted by molar-refractivity contribution is -0.113. The molecule has 1 N–H and O–H groups in total. The number of carbonyl (C=O) groups is 2. The minimum absolute atomic E-state index is 0.0383. The molecule has 1 aliphatic heterocycles. The van der Waals surface area contributed by atoms with Crippen LogP contribution in [-0.4, -0.2) is 24.2 Å². The van der Waals surface area contributed by atoms with Gasteiger partial charge in [0.25, 0.3) is 0 Å². The van der Waals surface area contributed by atoms with Crippen molar-refractivity contribution in [1.82, 2.24) is 0 Å². The van der Waals surface area contributed by atoms with E-state index < -0.39 is 0 Å².